The van der Waals surface area contributed by atoms with Gasteiger partial charge in [0.1, 0.15) is 5.75 Å². The van der Waals surface area contributed by atoms with E-state index in [1.165, 1.54) is 0 Å². The molecule has 2 aliphatic heterocycles. The molecule has 1 aromatic rings. The van der Waals surface area contributed by atoms with Gasteiger partial charge in [0.2, 0.25) is 5.91 Å². The Morgan fingerprint density at radius 2 is 1.81 bits per heavy atom. The average Bonchev–Trinajstić information content (AvgIpc) is 3.18. The Bertz CT molecular complexity index is 678. The molecule has 27 heavy (non-hydrogen) atoms. The van der Waals surface area contributed by atoms with E-state index in [0.29, 0.717) is 36.6 Å². The van der Waals surface area contributed by atoms with E-state index >= 15 is 0 Å². The number of carbonyl (C=O) groups excluding carboxylic acids is 2. The Kier molecular flexibility index (Phi) is 5.89. The molecule has 2 atom stereocenters. The normalized spacial score (nSPS) is 22.3. The molecule has 0 aromatic heterocycles. The summed E-state index contributed by atoms with van der Waals surface area (Å²) >= 11 is 0. The van der Waals surface area contributed by atoms with E-state index in [9.17, 15) is 9.59 Å². The topological polar surface area (TPSA) is 49.9 Å². The first-order chi connectivity index (χ1) is 12.7. The Hall–Kier alpha value is -1.88. The van der Waals surface area contributed by atoms with Crippen molar-refractivity contribution in [3.63, 3.8) is 0 Å². The number of fused-ring (bicyclic) bond motifs is 2. The van der Waals surface area contributed by atoms with Crippen LogP contribution in [0.4, 0.5) is 0 Å². The van der Waals surface area contributed by atoms with E-state index in [0.717, 1.165) is 38.2 Å². The van der Waals surface area contributed by atoms with Crippen LogP contribution in [0.15, 0.2) is 24.3 Å². The van der Waals surface area contributed by atoms with E-state index in [2.05, 4.69) is 30.6 Å². The summed E-state index contributed by atoms with van der Waals surface area (Å²) in [6, 6.07) is 8.22. The average molecular weight is 373 g/mol. The van der Waals surface area contributed by atoms with Crippen LogP contribution >= 0.6 is 0 Å². The van der Waals surface area contributed by atoms with Crippen LogP contribution in [0.2, 0.25) is 0 Å². The highest BCUT2D eigenvalue weighted by molar-refractivity contribution is 5.94. The summed E-state index contributed by atoms with van der Waals surface area (Å²) in [5.74, 6) is 1.19. The van der Waals surface area contributed by atoms with Crippen LogP contribution in [0.3, 0.4) is 0 Å². The minimum Gasteiger partial charge on any atom is -0.494 e. The van der Waals surface area contributed by atoms with E-state index in [-0.39, 0.29) is 11.2 Å². The molecule has 2 aliphatic rings. The minimum absolute atomic E-state index is 0.0541. The summed E-state index contributed by atoms with van der Waals surface area (Å²) in [4.78, 5) is 28.4. The third-order valence-electron chi connectivity index (χ3n) is 5.48. The highest BCUT2D eigenvalue weighted by atomic mass is 16.5. The summed E-state index contributed by atoms with van der Waals surface area (Å²) in [6.07, 6.45) is 2.71. The number of hydrogen-bond acceptors (Lipinski definition) is 4. The van der Waals surface area contributed by atoms with Crippen molar-refractivity contribution in [1.29, 1.82) is 0 Å². The van der Waals surface area contributed by atoms with E-state index < -0.39 is 0 Å². The van der Waals surface area contributed by atoms with Crippen molar-refractivity contribution in [1.82, 2.24) is 9.80 Å². The van der Waals surface area contributed by atoms with Crippen molar-refractivity contribution in [2.45, 2.75) is 59.0 Å². The molecule has 0 radical (unpaired) electrons. The monoisotopic (exact) mass is 372 g/mol. The number of likely N-dealkylation sites (tertiary alicyclic amines) is 2. The van der Waals surface area contributed by atoms with Gasteiger partial charge < -0.3 is 9.64 Å². The molecular weight excluding hydrogens is 340 g/mol. The summed E-state index contributed by atoms with van der Waals surface area (Å²) in [5, 5.41) is 0. The van der Waals surface area contributed by atoms with Gasteiger partial charge in [0.25, 0.3) is 0 Å². The fourth-order valence-electron chi connectivity index (χ4n) is 4.13. The number of ether oxygens (including phenoxy) is 1. The number of piperazine rings is 1. The Balaban J connectivity index is 1.38. The zero-order chi connectivity index (χ0) is 19.6. The molecule has 0 saturated carbocycles. The van der Waals surface area contributed by atoms with Gasteiger partial charge in [-0.05, 0) is 49.4 Å². The Morgan fingerprint density at radius 3 is 2.37 bits per heavy atom. The maximum atomic E-state index is 12.5. The summed E-state index contributed by atoms with van der Waals surface area (Å²) in [5.41, 5.74) is 0.763. The van der Waals surface area contributed by atoms with Crippen LogP contribution in [-0.4, -0.2) is 59.8 Å². The van der Waals surface area contributed by atoms with Gasteiger partial charge in [-0.15, -0.1) is 0 Å². The van der Waals surface area contributed by atoms with Crippen molar-refractivity contribution >= 4 is 11.7 Å². The van der Waals surface area contributed by atoms with E-state index in [1.54, 1.807) is 19.1 Å². The molecule has 2 bridgehead atoms. The molecule has 148 valence electrons. The van der Waals surface area contributed by atoms with Crippen LogP contribution in [0.25, 0.3) is 0 Å². The second-order valence-corrected chi connectivity index (χ2v) is 9.10. The lowest BCUT2D eigenvalue weighted by Crippen LogP contribution is -2.49. The quantitative estimate of drug-likeness (QED) is 0.544. The van der Waals surface area contributed by atoms with Crippen LogP contribution in [0, 0.1) is 5.41 Å². The first-order valence-corrected chi connectivity index (χ1v) is 10.0. The molecule has 3 rings (SSSR count). The lowest BCUT2D eigenvalue weighted by molar-refractivity contribution is -0.135. The number of hydrogen-bond donors (Lipinski definition) is 0. The van der Waals surface area contributed by atoms with Gasteiger partial charge in [-0.25, -0.2) is 0 Å². The zero-order valence-corrected chi connectivity index (χ0v) is 17.0. The lowest BCUT2D eigenvalue weighted by Gasteiger charge is -2.35. The van der Waals surface area contributed by atoms with Crippen molar-refractivity contribution in [2.24, 2.45) is 5.41 Å². The second kappa shape index (κ2) is 8.01. The Labute approximate surface area is 162 Å². The molecule has 0 spiro atoms. The lowest BCUT2D eigenvalue weighted by atomic mass is 9.91. The van der Waals surface area contributed by atoms with Gasteiger partial charge in [-0.2, -0.15) is 0 Å². The van der Waals surface area contributed by atoms with E-state index in [4.69, 9.17) is 4.74 Å². The fraction of sp³-hybridized carbons (Fsp3) is 0.636. The van der Waals surface area contributed by atoms with Gasteiger partial charge in [0.05, 0.1) is 6.61 Å². The van der Waals surface area contributed by atoms with Crippen LogP contribution in [0.5, 0.6) is 5.75 Å². The molecule has 2 heterocycles. The molecule has 2 saturated heterocycles. The third kappa shape index (κ3) is 5.10. The number of Topliss-reactive ketones (excluding diaryl/α,β-unsaturated/α-hetero) is 1. The molecule has 1 amide bonds. The molecule has 5 heteroatoms. The van der Waals surface area contributed by atoms with Crippen molar-refractivity contribution < 1.29 is 14.3 Å². The number of benzene rings is 1. The molecule has 0 aliphatic carbocycles. The standard InChI is InChI=1S/C22H32N2O3/c1-16(25)17-6-8-20(9-7-17)27-11-5-10-23-14-19-12-18(23)15-24(19)21(26)13-22(2,3)4/h6-9,18-19H,5,10-15H2,1-4H3/t18-,19-/m1/s1. The maximum Gasteiger partial charge on any atom is 0.223 e. The van der Waals surface area contributed by atoms with Crippen LogP contribution in [0.1, 0.15) is 57.3 Å². The third-order valence-corrected chi connectivity index (χ3v) is 5.48. The van der Waals surface area contributed by atoms with Gasteiger partial charge in [-0.3, -0.25) is 14.5 Å². The van der Waals surface area contributed by atoms with Gasteiger partial charge in [0.15, 0.2) is 5.78 Å². The molecular formula is C22H32N2O3. The number of ketones is 1. The van der Waals surface area contributed by atoms with Gasteiger partial charge in [0, 0.05) is 43.7 Å². The van der Waals surface area contributed by atoms with Gasteiger partial charge >= 0.3 is 0 Å². The van der Waals surface area contributed by atoms with Crippen LogP contribution < -0.4 is 4.74 Å². The van der Waals surface area contributed by atoms with Crippen molar-refractivity contribution in [3.05, 3.63) is 29.8 Å². The summed E-state index contributed by atoms with van der Waals surface area (Å²) in [7, 11) is 0. The second-order valence-electron chi connectivity index (χ2n) is 9.10. The molecule has 2 fully saturated rings. The van der Waals surface area contributed by atoms with Crippen LogP contribution in [-0.2, 0) is 4.79 Å². The zero-order valence-electron chi connectivity index (χ0n) is 17.0. The number of nitrogens with zero attached hydrogens (tertiary/aromatic N) is 2. The minimum atomic E-state index is 0.0541. The first kappa shape index (κ1) is 19.9. The van der Waals surface area contributed by atoms with Crippen molar-refractivity contribution in [2.75, 3.05) is 26.2 Å². The fourth-order valence-corrected chi connectivity index (χ4v) is 4.13. The summed E-state index contributed by atoms with van der Waals surface area (Å²) in [6.45, 7) is 11.5. The SMILES string of the molecule is CC(=O)c1ccc(OCCCN2C[C@H]3C[C@@H]2CN3C(=O)CC(C)(C)C)cc1. The largest absolute Gasteiger partial charge is 0.494 e. The predicted octanol–water partition coefficient (Wildman–Crippen LogP) is 3.38. The Morgan fingerprint density at radius 1 is 1.11 bits per heavy atom. The smallest absolute Gasteiger partial charge is 0.223 e. The molecule has 0 N–H and O–H groups in total. The molecule has 5 nitrogen and oxygen atoms in total. The number of rotatable bonds is 7. The highest BCUT2D eigenvalue weighted by Gasteiger charge is 2.45. The number of amides is 1. The van der Waals surface area contributed by atoms with Crippen molar-refractivity contribution in [3.8, 4) is 5.75 Å². The van der Waals surface area contributed by atoms with E-state index in [1.807, 2.05) is 12.1 Å². The predicted molar refractivity (Wildman–Crippen MR) is 106 cm³/mol. The highest BCUT2D eigenvalue weighted by Crippen LogP contribution is 2.32. The molecule has 0 unspecified atom stereocenters. The first-order valence-electron chi connectivity index (χ1n) is 10.0. The number of carbonyl (C=O) groups is 2. The maximum absolute atomic E-state index is 12.5. The summed E-state index contributed by atoms with van der Waals surface area (Å²) < 4.78 is 5.79. The van der Waals surface area contributed by atoms with Gasteiger partial charge in [-0.1, -0.05) is 20.8 Å². The molecule has 1 aromatic carbocycles.